The van der Waals surface area contributed by atoms with Gasteiger partial charge in [0.1, 0.15) is 11.4 Å². The van der Waals surface area contributed by atoms with Crippen LogP contribution in [0, 0.1) is 11.3 Å². The Morgan fingerprint density at radius 3 is 2.49 bits per heavy atom. The lowest BCUT2D eigenvalue weighted by Crippen LogP contribution is -2.42. The van der Waals surface area contributed by atoms with Crippen molar-refractivity contribution < 1.29 is 14.3 Å². The van der Waals surface area contributed by atoms with E-state index in [0.717, 1.165) is 37.3 Å². The molecule has 0 unspecified atom stereocenters. The molecule has 5 rings (SSSR count). The molecule has 0 bridgehead atoms. The summed E-state index contributed by atoms with van der Waals surface area (Å²) in [4.78, 5) is 57.8. The minimum Gasteiger partial charge on any atom is -0.454 e. The van der Waals surface area contributed by atoms with Gasteiger partial charge in [0, 0.05) is 24.4 Å². The lowest BCUT2D eigenvalue weighted by Gasteiger charge is -2.36. The highest BCUT2D eigenvalue weighted by molar-refractivity contribution is 7.10. The van der Waals surface area contributed by atoms with Crippen LogP contribution in [0.2, 0.25) is 0 Å². The van der Waals surface area contributed by atoms with Gasteiger partial charge in [-0.25, -0.2) is 14.6 Å². The van der Waals surface area contributed by atoms with Crippen LogP contribution in [0.5, 0.6) is 0 Å². The van der Waals surface area contributed by atoms with Crippen molar-refractivity contribution in [2.45, 2.75) is 33.6 Å². The summed E-state index contributed by atoms with van der Waals surface area (Å²) in [5, 5.41) is 2.65. The molecular weight excluding hydrogens is 540 g/mol. The summed E-state index contributed by atoms with van der Waals surface area (Å²) < 4.78 is 7.38. The first kappa shape index (κ1) is 28.2. The zero-order valence-corrected chi connectivity index (χ0v) is 24.5. The molecule has 1 aliphatic rings. The summed E-state index contributed by atoms with van der Waals surface area (Å²) in [5.74, 6) is -1.52. The Kier molecular flexibility index (Phi) is 7.29. The average Bonchev–Trinajstić information content (AvgIpc) is 3.45. The summed E-state index contributed by atoms with van der Waals surface area (Å²) in [7, 11) is 2.62. The Labute approximate surface area is 240 Å². The topological polar surface area (TPSA) is 126 Å². The Morgan fingerprint density at radius 2 is 1.80 bits per heavy atom. The molecule has 0 saturated heterocycles. The molecule has 1 aliphatic carbocycles. The minimum atomic E-state index is -0.838. The maximum atomic E-state index is 13.8. The second kappa shape index (κ2) is 10.6. The standard InChI is InChI=1S/C31H32N4O5S/c1-31(2,3)18-13-17(14-19-9-8-12-41-19)26-21(15-18)24(20-10-6-7-11-22(20)33-26)29(38)40-16-23(36)25-27(32)34(4)30(39)35(5)28(25)37/h6-12,14,18H,13,15-16,32H2,1-5H3/b17-14+/t18-/m0/s1. The Hall–Kier alpha value is -4.31. The number of para-hydroxylation sites is 1. The number of ketones is 1. The number of nitrogen functional groups attached to an aromatic ring is 1. The second-order valence-electron chi connectivity index (χ2n) is 11.5. The van der Waals surface area contributed by atoms with Crippen LogP contribution < -0.4 is 17.0 Å². The minimum absolute atomic E-state index is 0.0458. The molecule has 212 valence electrons. The number of rotatable bonds is 5. The van der Waals surface area contributed by atoms with Gasteiger partial charge in [0.15, 0.2) is 6.61 Å². The van der Waals surface area contributed by atoms with E-state index in [2.05, 4.69) is 32.9 Å². The Morgan fingerprint density at radius 1 is 1.07 bits per heavy atom. The molecule has 4 aromatic rings. The number of fused-ring (bicyclic) bond motifs is 2. The molecule has 0 saturated carbocycles. The Balaban J connectivity index is 1.60. The molecule has 0 aliphatic heterocycles. The fourth-order valence-electron chi connectivity index (χ4n) is 5.31. The Bertz CT molecular complexity index is 1840. The van der Waals surface area contributed by atoms with Crippen LogP contribution in [0.15, 0.2) is 51.4 Å². The van der Waals surface area contributed by atoms with Crippen molar-refractivity contribution >= 4 is 51.5 Å². The predicted molar refractivity (Wildman–Crippen MR) is 161 cm³/mol. The smallest absolute Gasteiger partial charge is 0.339 e. The highest BCUT2D eigenvalue weighted by atomic mass is 32.1. The SMILES string of the molecule is Cn1c(N)c(C(=O)COC(=O)c2c3c(nc4ccccc24)/C(=C/c2cccs2)C[C@H](C(C)(C)C)C3)c(=O)n(C)c1=O. The number of anilines is 1. The zero-order chi connectivity index (χ0) is 29.6. The van der Waals surface area contributed by atoms with Gasteiger partial charge >= 0.3 is 11.7 Å². The van der Waals surface area contributed by atoms with Crippen LogP contribution in [0.25, 0.3) is 22.6 Å². The first-order valence-electron chi connectivity index (χ1n) is 13.3. The van der Waals surface area contributed by atoms with E-state index < -0.39 is 35.2 Å². The van der Waals surface area contributed by atoms with Crippen molar-refractivity contribution in [1.82, 2.24) is 14.1 Å². The molecule has 0 amide bonds. The number of hydrogen-bond donors (Lipinski definition) is 1. The average molecular weight is 573 g/mol. The number of allylic oxidation sites excluding steroid dienone is 1. The third-order valence-electron chi connectivity index (χ3n) is 7.83. The highest BCUT2D eigenvalue weighted by Gasteiger charge is 2.35. The van der Waals surface area contributed by atoms with E-state index in [9.17, 15) is 19.2 Å². The molecular formula is C31H32N4O5S. The van der Waals surface area contributed by atoms with Gasteiger partial charge in [-0.3, -0.25) is 18.7 Å². The zero-order valence-electron chi connectivity index (χ0n) is 23.7. The number of benzene rings is 1. The van der Waals surface area contributed by atoms with Crippen molar-refractivity contribution in [3.8, 4) is 0 Å². The first-order chi connectivity index (χ1) is 19.4. The van der Waals surface area contributed by atoms with E-state index in [1.54, 1.807) is 11.3 Å². The van der Waals surface area contributed by atoms with Gasteiger partial charge in [-0.2, -0.15) is 0 Å². The molecule has 9 nitrogen and oxygen atoms in total. The predicted octanol–water partition coefficient (Wildman–Crippen LogP) is 4.46. The van der Waals surface area contributed by atoms with E-state index in [1.807, 2.05) is 35.7 Å². The maximum Gasteiger partial charge on any atom is 0.339 e. The lowest BCUT2D eigenvalue weighted by atomic mass is 9.69. The van der Waals surface area contributed by atoms with Gasteiger partial charge in [-0.15, -0.1) is 11.3 Å². The van der Waals surface area contributed by atoms with Gasteiger partial charge in [-0.05, 0) is 58.9 Å². The molecule has 0 radical (unpaired) electrons. The number of nitrogens with zero attached hydrogens (tertiary/aromatic N) is 3. The molecule has 0 spiro atoms. The van der Waals surface area contributed by atoms with E-state index in [1.165, 1.54) is 14.1 Å². The molecule has 0 fully saturated rings. The molecule has 1 atom stereocenters. The number of ether oxygens (including phenoxy) is 1. The van der Waals surface area contributed by atoms with Crippen LogP contribution in [-0.2, 0) is 25.3 Å². The third kappa shape index (κ3) is 5.15. The molecule has 3 heterocycles. The number of nitrogens with two attached hydrogens (primary N) is 1. The number of carbonyl (C=O) groups excluding carboxylic acids is 2. The fraction of sp³-hybridized carbons (Fsp3) is 0.323. The molecule has 3 aromatic heterocycles. The second-order valence-corrected chi connectivity index (χ2v) is 12.4. The van der Waals surface area contributed by atoms with E-state index in [0.29, 0.717) is 22.9 Å². The van der Waals surface area contributed by atoms with Crippen molar-refractivity contribution in [1.29, 1.82) is 0 Å². The van der Waals surface area contributed by atoms with Crippen molar-refractivity contribution in [3.05, 3.63) is 89.9 Å². The number of Topliss-reactive ketones (excluding diaryl/α,β-unsaturated/α-hetero) is 1. The van der Waals surface area contributed by atoms with E-state index >= 15 is 0 Å². The molecule has 1 aromatic carbocycles. The van der Waals surface area contributed by atoms with Crippen LogP contribution in [0.4, 0.5) is 5.82 Å². The first-order valence-corrected chi connectivity index (χ1v) is 14.2. The summed E-state index contributed by atoms with van der Waals surface area (Å²) in [6, 6.07) is 11.4. The highest BCUT2D eigenvalue weighted by Crippen LogP contribution is 2.45. The van der Waals surface area contributed by atoms with Crippen molar-refractivity contribution in [3.63, 3.8) is 0 Å². The van der Waals surface area contributed by atoms with E-state index in [4.69, 9.17) is 15.5 Å². The number of carbonyl (C=O) groups is 2. The number of hydrogen-bond acceptors (Lipinski definition) is 8. The molecule has 41 heavy (non-hydrogen) atoms. The van der Waals surface area contributed by atoms with Gasteiger partial charge in [0.2, 0.25) is 5.78 Å². The number of thiophene rings is 1. The summed E-state index contributed by atoms with van der Waals surface area (Å²) in [6.45, 7) is 5.86. The lowest BCUT2D eigenvalue weighted by molar-refractivity contribution is 0.0474. The summed E-state index contributed by atoms with van der Waals surface area (Å²) in [6.07, 6.45) is 3.56. The van der Waals surface area contributed by atoms with Crippen LogP contribution in [-0.4, -0.2) is 32.5 Å². The summed E-state index contributed by atoms with van der Waals surface area (Å²) >= 11 is 1.64. The molecule has 2 N–H and O–H groups in total. The number of aromatic nitrogens is 3. The third-order valence-corrected chi connectivity index (χ3v) is 8.65. The molecule has 10 heteroatoms. The largest absolute Gasteiger partial charge is 0.454 e. The van der Waals surface area contributed by atoms with Crippen LogP contribution in [0.1, 0.15) is 64.0 Å². The van der Waals surface area contributed by atoms with E-state index in [-0.39, 0.29) is 17.2 Å². The van der Waals surface area contributed by atoms with Gasteiger partial charge in [-0.1, -0.05) is 45.0 Å². The monoisotopic (exact) mass is 572 g/mol. The van der Waals surface area contributed by atoms with Gasteiger partial charge in [0.05, 0.1) is 16.8 Å². The normalized spacial score (nSPS) is 16.1. The number of pyridine rings is 1. The number of esters is 1. The van der Waals surface area contributed by atoms with Gasteiger partial charge in [0.25, 0.3) is 5.56 Å². The quantitative estimate of drug-likeness (QED) is 0.276. The van der Waals surface area contributed by atoms with Crippen LogP contribution in [0.3, 0.4) is 0 Å². The van der Waals surface area contributed by atoms with Crippen LogP contribution >= 0.6 is 11.3 Å². The maximum absolute atomic E-state index is 13.8. The fourth-order valence-corrected chi connectivity index (χ4v) is 5.99. The van der Waals surface area contributed by atoms with Crippen molar-refractivity contribution in [2.75, 3.05) is 12.3 Å². The van der Waals surface area contributed by atoms with Crippen molar-refractivity contribution in [2.24, 2.45) is 25.4 Å². The van der Waals surface area contributed by atoms with Gasteiger partial charge < -0.3 is 10.5 Å². The summed E-state index contributed by atoms with van der Waals surface area (Å²) in [5.41, 5.74) is 7.61.